The van der Waals surface area contributed by atoms with Gasteiger partial charge in [0.2, 0.25) is 15.4 Å². The highest BCUT2D eigenvalue weighted by atomic mass is 35.5. The molecule has 0 fully saturated rings. The number of rotatable bonds is 19. The molecule has 1 aliphatic carbocycles. The van der Waals surface area contributed by atoms with Gasteiger partial charge in [-0.3, -0.25) is 4.55 Å². The number of aromatic nitrogens is 2. The summed E-state index contributed by atoms with van der Waals surface area (Å²) in [7, 11) is -13.4. The smallest absolute Gasteiger partial charge is 0.295 e. The monoisotopic (exact) mass is 904 g/mol. The van der Waals surface area contributed by atoms with Crippen molar-refractivity contribution in [3.05, 3.63) is 77.9 Å². The van der Waals surface area contributed by atoms with E-state index < -0.39 is 41.7 Å². The lowest BCUT2D eigenvalue weighted by atomic mass is 9.93. The lowest BCUT2D eigenvalue weighted by Gasteiger charge is -2.33. The van der Waals surface area contributed by atoms with Crippen LogP contribution in [0.5, 0.6) is 0 Å². The van der Waals surface area contributed by atoms with E-state index in [4.69, 9.17) is 20.1 Å². The lowest BCUT2D eigenvalue weighted by molar-refractivity contribution is 0.483. The second kappa shape index (κ2) is 19.1. The van der Waals surface area contributed by atoms with Gasteiger partial charge in [0.05, 0.1) is 16.8 Å². The second-order valence-electron chi connectivity index (χ2n) is 15.2. The molecule has 0 saturated heterocycles. The Bertz CT molecular complexity index is 2490. The molecule has 0 bridgehead atoms. The molecule has 1 aromatic heterocycles. The van der Waals surface area contributed by atoms with Gasteiger partial charge in [-0.1, -0.05) is 17.8 Å². The average Bonchev–Trinajstić information content (AvgIpc) is 3.18. The van der Waals surface area contributed by atoms with Crippen molar-refractivity contribution in [2.24, 2.45) is 0 Å². The molecule has 0 atom stereocenters. The molecule has 0 unspecified atom stereocenters. The molecule has 12 nitrogen and oxygen atoms in total. The number of nitrogens with one attached hydrogen (secondary N) is 1. The number of fused-ring (bicyclic) bond motifs is 2. The van der Waals surface area contributed by atoms with E-state index >= 15 is 0 Å². The summed E-state index contributed by atoms with van der Waals surface area (Å²) < 4.78 is 82.4. The fraction of sp³-hybridized carbons (Fsp3) is 0.425. The van der Waals surface area contributed by atoms with Gasteiger partial charge >= 0.3 is 0 Å². The second-order valence-corrected chi connectivity index (χ2v) is 28.8. The zero-order valence-corrected chi connectivity index (χ0v) is 39.7. The van der Waals surface area contributed by atoms with Crippen molar-refractivity contribution in [3.63, 3.8) is 0 Å². The van der Waals surface area contributed by atoms with Crippen LogP contribution in [0.3, 0.4) is 0 Å². The number of hydrogen-bond acceptors (Lipinski definition) is 10. The first-order valence-corrected chi connectivity index (χ1v) is 30.2. The van der Waals surface area contributed by atoms with Crippen LogP contribution in [0.1, 0.15) is 39.7 Å². The zero-order chi connectivity index (χ0) is 42.5. The quantitative estimate of drug-likeness (QED) is 0.0121. The number of alkyl halides is 1. The van der Waals surface area contributed by atoms with E-state index in [2.05, 4.69) is 78.0 Å². The number of thioether (sulfide) groups is 1. The fourth-order valence-corrected chi connectivity index (χ4v) is 19.6. The van der Waals surface area contributed by atoms with Gasteiger partial charge in [-0.05, 0) is 96.7 Å². The maximum atomic E-state index is 13.7. The summed E-state index contributed by atoms with van der Waals surface area (Å²) >= 11 is 7.42. The van der Waals surface area contributed by atoms with Gasteiger partial charge in [-0.25, -0.2) is 27.7 Å². The van der Waals surface area contributed by atoms with Crippen molar-refractivity contribution in [2.45, 2.75) is 87.2 Å². The molecule has 3 aromatic rings. The van der Waals surface area contributed by atoms with Crippen LogP contribution in [0.25, 0.3) is 33.4 Å². The highest BCUT2D eigenvalue weighted by Crippen LogP contribution is 2.43. The van der Waals surface area contributed by atoms with E-state index in [1.54, 1.807) is 24.2 Å². The van der Waals surface area contributed by atoms with Crippen LogP contribution in [-0.2, 0) is 30.1 Å². The molecule has 0 spiro atoms. The van der Waals surface area contributed by atoms with E-state index in [1.807, 2.05) is 36.4 Å². The fourth-order valence-electron chi connectivity index (χ4n) is 7.18. The van der Waals surface area contributed by atoms with Crippen LogP contribution in [0.2, 0.25) is 32.2 Å². The van der Waals surface area contributed by atoms with Crippen molar-refractivity contribution >= 4 is 76.8 Å². The zero-order valence-electron chi connectivity index (χ0n) is 34.5. The van der Waals surface area contributed by atoms with Crippen LogP contribution < -0.4 is 19.6 Å². The number of nitrogens with zero attached hydrogens (tertiary/aromatic N) is 4. The normalized spacial score (nSPS) is 12.7. The SMILES string of the molecule is CCN(CC)c1ccc2c(-c3ccc(S(=O)(=O)NCCC[Si](C)(C)O[Si](C)(C)CSc4ncc(CCl)cn4)cc3S(=O)(=O)O)c3ccc(=[N+](CC)CC)cc-3oc2c1. The maximum Gasteiger partial charge on any atom is 0.295 e. The summed E-state index contributed by atoms with van der Waals surface area (Å²) in [6.45, 7) is 20.1. The predicted molar refractivity (Wildman–Crippen MR) is 241 cm³/mol. The Morgan fingerprint density at radius 2 is 1.57 bits per heavy atom. The van der Waals surface area contributed by atoms with Gasteiger partial charge in [0.15, 0.2) is 21.8 Å². The van der Waals surface area contributed by atoms with Crippen molar-refractivity contribution in [1.82, 2.24) is 19.3 Å². The van der Waals surface area contributed by atoms with Gasteiger partial charge in [-0.15, -0.1) is 11.6 Å². The third-order valence-corrected chi connectivity index (χ3v) is 22.4. The third kappa shape index (κ3) is 11.2. The number of hydrogen-bond donors (Lipinski definition) is 2. The topological polar surface area (TPSA) is 155 Å². The Labute approximate surface area is 354 Å². The largest absolute Gasteiger partial charge is 0.456 e. The number of anilines is 1. The standard InChI is InChI=1S/C40H54ClN5O7S3Si2/c1-9-45(10-2)30-14-17-33-36(22-30)52-37-23-31(46(11-3)12-4)15-18-34(37)39(33)35-19-16-32(24-38(35)56(49,50)51)55(47,48)44-20-13-21-57(5,6)53-58(7,8)28-54-40-42-26-29(25-41)27-43-40/h14-19,22-24,26-27,44H,9-13,20-21,25,28H2,1-8H3/p+1. The first-order chi connectivity index (χ1) is 27.3. The van der Waals surface area contributed by atoms with Gasteiger partial charge < -0.3 is 13.4 Å². The van der Waals surface area contributed by atoms with Crippen molar-refractivity contribution in [2.75, 3.05) is 43.0 Å². The molecule has 18 heteroatoms. The summed E-state index contributed by atoms with van der Waals surface area (Å²) in [5.41, 5.74) is 3.61. The molecule has 0 saturated carbocycles. The molecule has 2 N–H and O–H groups in total. The highest BCUT2D eigenvalue weighted by molar-refractivity contribution is 8.00. The summed E-state index contributed by atoms with van der Waals surface area (Å²) in [4.78, 5) is 10.1. The molecule has 1 aliphatic heterocycles. The van der Waals surface area contributed by atoms with Crippen molar-refractivity contribution in [1.29, 1.82) is 0 Å². The summed E-state index contributed by atoms with van der Waals surface area (Å²) in [6.07, 6.45) is 3.98. The molecule has 0 amide bonds. The Morgan fingerprint density at radius 1 is 0.897 bits per heavy atom. The van der Waals surface area contributed by atoms with Crippen LogP contribution in [0.4, 0.5) is 5.69 Å². The minimum atomic E-state index is -4.91. The Balaban J connectivity index is 1.42. The number of halogens is 1. The highest BCUT2D eigenvalue weighted by Gasteiger charge is 2.33. The predicted octanol–water partition coefficient (Wildman–Crippen LogP) is 8.07. The molecule has 0 radical (unpaired) electrons. The molecule has 2 aromatic carbocycles. The first kappa shape index (κ1) is 45.9. The minimum absolute atomic E-state index is 0.127. The average molecular weight is 906 g/mol. The summed E-state index contributed by atoms with van der Waals surface area (Å²) in [5, 5.41) is 2.99. The van der Waals surface area contributed by atoms with E-state index in [0.29, 0.717) is 51.4 Å². The maximum absolute atomic E-state index is 13.7. The first-order valence-electron chi connectivity index (χ1n) is 19.5. The number of benzene rings is 3. The Hall–Kier alpha value is -3.14. The minimum Gasteiger partial charge on any atom is -0.456 e. The van der Waals surface area contributed by atoms with E-state index in [9.17, 15) is 21.4 Å². The summed E-state index contributed by atoms with van der Waals surface area (Å²) in [6, 6.07) is 16.1. The van der Waals surface area contributed by atoms with Crippen LogP contribution in [-0.4, -0.2) is 86.1 Å². The Kier molecular flexibility index (Phi) is 15.1. The molecule has 2 aliphatic rings. The molecule has 2 heterocycles. The van der Waals surface area contributed by atoms with E-state index in [-0.39, 0.29) is 17.0 Å². The van der Waals surface area contributed by atoms with Gasteiger partial charge in [0.1, 0.15) is 29.3 Å². The van der Waals surface area contributed by atoms with Crippen molar-refractivity contribution < 1.29 is 29.9 Å². The van der Waals surface area contributed by atoms with Gasteiger partial charge in [0.25, 0.3) is 10.1 Å². The van der Waals surface area contributed by atoms with Gasteiger partial charge in [-0.2, -0.15) is 8.42 Å². The van der Waals surface area contributed by atoms with E-state index in [1.165, 1.54) is 12.1 Å². The number of sulfonamides is 1. The molecular formula is C40H55ClN5O7S3Si2+. The summed E-state index contributed by atoms with van der Waals surface area (Å²) in [5.74, 6) is 0.884. The van der Waals surface area contributed by atoms with E-state index in [0.717, 1.165) is 54.2 Å². The lowest BCUT2D eigenvalue weighted by Crippen LogP contribution is -2.46. The van der Waals surface area contributed by atoms with Crippen molar-refractivity contribution in [3.8, 4) is 22.5 Å². The third-order valence-electron chi connectivity index (χ3n) is 9.94. The van der Waals surface area contributed by atoms with Gasteiger partial charge in [0, 0.05) is 82.9 Å². The Morgan fingerprint density at radius 3 is 2.19 bits per heavy atom. The van der Waals surface area contributed by atoms with Crippen LogP contribution in [0.15, 0.2) is 86.4 Å². The molecule has 5 rings (SSSR count). The molecule has 58 heavy (non-hydrogen) atoms. The van der Waals surface area contributed by atoms with Crippen LogP contribution in [0, 0.1) is 0 Å². The van der Waals surface area contributed by atoms with Crippen LogP contribution >= 0.6 is 23.4 Å². The molecule has 314 valence electrons. The molecular weight excluding hydrogens is 850 g/mol.